The SMILES string of the molecule is CC(C)(C)OC(=O)NCC1CCN(C(=O)[C@@]2(C)CC2(Cl)Cl)CC1. The van der Waals surface area contributed by atoms with Crippen molar-refractivity contribution in [1.29, 1.82) is 0 Å². The van der Waals surface area contributed by atoms with E-state index in [2.05, 4.69) is 5.32 Å². The first-order chi connectivity index (χ1) is 10.4. The zero-order chi connectivity index (χ0) is 17.5. The molecule has 0 spiro atoms. The lowest BCUT2D eigenvalue weighted by molar-refractivity contribution is -0.137. The molecule has 0 radical (unpaired) electrons. The number of ether oxygens (including phenoxy) is 1. The number of likely N-dealkylation sites (tertiary alicyclic amines) is 1. The van der Waals surface area contributed by atoms with E-state index in [1.807, 2.05) is 32.6 Å². The molecule has 2 fully saturated rings. The summed E-state index contributed by atoms with van der Waals surface area (Å²) in [7, 11) is 0. The molecule has 0 unspecified atom stereocenters. The number of rotatable bonds is 3. The van der Waals surface area contributed by atoms with E-state index in [-0.39, 0.29) is 5.91 Å². The van der Waals surface area contributed by atoms with Crippen molar-refractivity contribution >= 4 is 35.2 Å². The van der Waals surface area contributed by atoms with Crippen LogP contribution >= 0.6 is 23.2 Å². The fourth-order valence-electron chi connectivity index (χ4n) is 2.86. The number of alkyl carbamates (subject to hydrolysis) is 1. The third-order valence-electron chi connectivity index (χ3n) is 4.57. The van der Waals surface area contributed by atoms with Crippen LogP contribution in [0.1, 0.15) is 47.0 Å². The third-order valence-corrected chi connectivity index (χ3v) is 5.67. The summed E-state index contributed by atoms with van der Waals surface area (Å²) in [6.45, 7) is 9.27. The standard InChI is InChI=1S/C16H26Cl2N2O3/c1-14(2,3)23-13(22)19-9-11-5-7-20(8-6-11)12(21)15(4)10-16(15,17)18/h11H,5-10H2,1-4H3,(H,19,22)/t15-/m1/s1. The Morgan fingerprint density at radius 1 is 1.26 bits per heavy atom. The first-order valence-corrected chi connectivity index (χ1v) is 8.84. The van der Waals surface area contributed by atoms with Crippen LogP contribution in [0.3, 0.4) is 0 Å². The zero-order valence-electron chi connectivity index (χ0n) is 14.2. The van der Waals surface area contributed by atoms with Gasteiger partial charge in [-0.3, -0.25) is 4.79 Å². The van der Waals surface area contributed by atoms with Gasteiger partial charge in [0.05, 0.1) is 5.41 Å². The molecule has 1 aliphatic carbocycles. The van der Waals surface area contributed by atoms with Crippen LogP contribution in [0.15, 0.2) is 0 Å². The molecule has 2 rings (SSSR count). The molecule has 1 saturated heterocycles. The van der Waals surface area contributed by atoms with Gasteiger partial charge in [0, 0.05) is 19.6 Å². The average Bonchev–Trinajstić information content (AvgIpc) is 2.94. The van der Waals surface area contributed by atoms with E-state index in [1.54, 1.807) is 0 Å². The summed E-state index contributed by atoms with van der Waals surface area (Å²) in [5.74, 6) is 0.399. The lowest BCUT2D eigenvalue weighted by Gasteiger charge is -2.34. The monoisotopic (exact) mass is 364 g/mol. The molecule has 5 nitrogen and oxygen atoms in total. The Balaban J connectivity index is 1.72. The van der Waals surface area contributed by atoms with Gasteiger partial charge in [-0.2, -0.15) is 0 Å². The Morgan fingerprint density at radius 3 is 2.22 bits per heavy atom. The maximum absolute atomic E-state index is 12.5. The summed E-state index contributed by atoms with van der Waals surface area (Å²) in [5, 5.41) is 2.80. The summed E-state index contributed by atoms with van der Waals surface area (Å²) < 4.78 is 4.30. The second kappa shape index (κ2) is 6.32. The smallest absolute Gasteiger partial charge is 0.407 e. The van der Waals surface area contributed by atoms with E-state index in [9.17, 15) is 9.59 Å². The third kappa shape index (κ3) is 4.44. The molecule has 0 bridgehead atoms. The van der Waals surface area contributed by atoms with Gasteiger partial charge < -0.3 is 15.0 Å². The highest BCUT2D eigenvalue weighted by molar-refractivity contribution is 6.53. The molecule has 1 atom stereocenters. The molecule has 2 aliphatic rings. The highest BCUT2D eigenvalue weighted by Crippen LogP contribution is 2.64. The zero-order valence-corrected chi connectivity index (χ0v) is 15.8. The van der Waals surface area contributed by atoms with Crippen LogP contribution in [-0.2, 0) is 9.53 Å². The molecule has 1 N–H and O–H groups in total. The summed E-state index contributed by atoms with van der Waals surface area (Å²) in [6, 6.07) is 0. The van der Waals surface area contributed by atoms with E-state index in [0.717, 1.165) is 12.8 Å². The maximum atomic E-state index is 12.5. The molecular formula is C16H26Cl2N2O3. The van der Waals surface area contributed by atoms with Gasteiger partial charge in [0.2, 0.25) is 5.91 Å². The van der Waals surface area contributed by atoms with E-state index < -0.39 is 21.4 Å². The average molecular weight is 365 g/mol. The first-order valence-electron chi connectivity index (χ1n) is 8.09. The van der Waals surface area contributed by atoms with Crippen LogP contribution in [0.25, 0.3) is 0 Å². The Labute approximate surface area is 148 Å². The summed E-state index contributed by atoms with van der Waals surface area (Å²) in [6.07, 6.45) is 1.84. The van der Waals surface area contributed by atoms with E-state index in [4.69, 9.17) is 27.9 Å². The number of carbonyl (C=O) groups excluding carboxylic acids is 2. The second-order valence-electron chi connectivity index (χ2n) is 7.83. The Morgan fingerprint density at radius 2 is 1.78 bits per heavy atom. The number of piperidine rings is 1. The quantitative estimate of drug-likeness (QED) is 0.781. The van der Waals surface area contributed by atoms with Gasteiger partial charge in [-0.15, -0.1) is 23.2 Å². The van der Waals surface area contributed by atoms with Crippen LogP contribution in [0.4, 0.5) is 4.79 Å². The topological polar surface area (TPSA) is 58.6 Å². The normalized spacial score (nSPS) is 27.5. The number of carbonyl (C=O) groups is 2. The van der Waals surface area contributed by atoms with Crippen LogP contribution in [0.5, 0.6) is 0 Å². The van der Waals surface area contributed by atoms with Crippen molar-refractivity contribution in [1.82, 2.24) is 10.2 Å². The second-order valence-corrected chi connectivity index (χ2v) is 9.32. The fourth-order valence-corrected chi connectivity index (χ4v) is 3.56. The molecule has 23 heavy (non-hydrogen) atoms. The summed E-state index contributed by atoms with van der Waals surface area (Å²) in [4.78, 5) is 26.0. The molecule has 1 aliphatic heterocycles. The molecule has 2 amide bonds. The Bertz CT molecular complexity index is 482. The number of halogens is 2. The Kier molecular flexibility index (Phi) is 5.13. The number of nitrogens with zero attached hydrogens (tertiary/aromatic N) is 1. The number of nitrogens with one attached hydrogen (secondary N) is 1. The minimum Gasteiger partial charge on any atom is -0.444 e. The van der Waals surface area contributed by atoms with E-state index in [0.29, 0.717) is 32.0 Å². The maximum Gasteiger partial charge on any atom is 0.407 e. The number of alkyl halides is 2. The molecular weight excluding hydrogens is 339 g/mol. The molecule has 1 saturated carbocycles. The van der Waals surface area contributed by atoms with Crippen LogP contribution in [0, 0.1) is 11.3 Å². The van der Waals surface area contributed by atoms with Crippen molar-refractivity contribution in [3.63, 3.8) is 0 Å². The molecule has 0 aromatic rings. The lowest BCUT2D eigenvalue weighted by Crippen LogP contribution is -2.45. The van der Waals surface area contributed by atoms with Gasteiger partial charge in [0.15, 0.2) is 0 Å². The van der Waals surface area contributed by atoms with Gasteiger partial charge in [0.1, 0.15) is 9.93 Å². The fraction of sp³-hybridized carbons (Fsp3) is 0.875. The van der Waals surface area contributed by atoms with Crippen molar-refractivity contribution in [3.8, 4) is 0 Å². The summed E-state index contributed by atoms with van der Waals surface area (Å²) >= 11 is 12.2. The predicted octanol–water partition coefficient (Wildman–Crippen LogP) is 3.33. The predicted molar refractivity (Wildman–Crippen MR) is 90.7 cm³/mol. The number of hydrogen-bond donors (Lipinski definition) is 1. The molecule has 132 valence electrons. The number of hydrogen-bond acceptors (Lipinski definition) is 3. The van der Waals surface area contributed by atoms with Crippen molar-refractivity contribution in [2.24, 2.45) is 11.3 Å². The van der Waals surface area contributed by atoms with Crippen molar-refractivity contribution in [3.05, 3.63) is 0 Å². The Hall–Kier alpha value is -0.680. The minimum atomic E-state index is -0.917. The van der Waals surface area contributed by atoms with Crippen LogP contribution in [-0.4, -0.2) is 46.5 Å². The van der Waals surface area contributed by atoms with Crippen LogP contribution < -0.4 is 5.32 Å². The van der Waals surface area contributed by atoms with Gasteiger partial charge in [0.25, 0.3) is 0 Å². The molecule has 0 aromatic carbocycles. The summed E-state index contributed by atoms with van der Waals surface area (Å²) in [5.41, 5.74) is -1.13. The highest BCUT2D eigenvalue weighted by atomic mass is 35.5. The number of amides is 2. The minimum absolute atomic E-state index is 0.0426. The van der Waals surface area contributed by atoms with Crippen molar-refractivity contribution in [2.45, 2.75) is 56.9 Å². The molecule has 1 heterocycles. The highest BCUT2D eigenvalue weighted by Gasteiger charge is 2.68. The molecule has 0 aromatic heterocycles. The van der Waals surface area contributed by atoms with Crippen molar-refractivity contribution in [2.75, 3.05) is 19.6 Å². The van der Waals surface area contributed by atoms with Gasteiger partial charge in [-0.25, -0.2) is 4.79 Å². The van der Waals surface area contributed by atoms with Crippen LogP contribution in [0.2, 0.25) is 0 Å². The van der Waals surface area contributed by atoms with Gasteiger partial charge >= 0.3 is 6.09 Å². The lowest BCUT2D eigenvalue weighted by atomic mass is 9.95. The van der Waals surface area contributed by atoms with E-state index in [1.165, 1.54) is 0 Å². The van der Waals surface area contributed by atoms with Gasteiger partial charge in [-0.05, 0) is 52.9 Å². The van der Waals surface area contributed by atoms with E-state index >= 15 is 0 Å². The first kappa shape index (κ1) is 18.7. The van der Waals surface area contributed by atoms with Gasteiger partial charge in [-0.1, -0.05) is 0 Å². The van der Waals surface area contributed by atoms with Crippen molar-refractivity contribution < 1.29 is 14.3 Å². The molecule has 7 heteroatoms. The largest absolute Gasteiger partial charge is 0.444 e.